The van der Waals surface area contributed by atoms with E-state index in [1.54, 1.807) is 12.1 Å². The van der Waals surface area contributed by atoms with Crippen LogP contribution in [0.1, 0.15) is 18.0 Å². The average Bonchev–Trinajstić information content (AvgIpc) is 2.17. The Balaban J connectivity index is 0.00000196. The van der Waals surface area contributed by atoms with Crippen LogP contribution in [0.5, 0.6) is 11.5 Å². The number of hydrogen-bond donors (Lipinski definition) is 3. The summed E-state index contributed by atoms with van der Waals surface area (Å²) < 4.78 is 4.94. The Kier molecular flexibility index (Phi) is 6.08. The molecular formula is C10H16ClNO3. The maximum absolute atomic E-state index is 9.58. The highest BCUT2D eigenvalue weighted by atomic mass is 35.5. The van der Waals surface area contributed by atoms with E-state index in [9.17, 15) is 5.11 Å². The molecule has 4 N–H and O–H groups in total. The summed E-state index contributed by atoms with van der Waals surface area (Å²) in [4.78, 5) is 0. The zero-order valence-electron chi connectivity index (χ0n) is 8.51. The van der Waals surface area contributed by atoms with Crippen molar-refractivity contribution in [3.05, 3.63) is 23.8 Å². The Morgan fingerprint density at radius 3 is 2.60 bits per heavy atom. The van der Waals surface area contributed by atoms with Gasteiger partial charge in [0.25, 0.3) is 0 Å². The quantitative estimate of drug-likeness (QED) is 0.731. The van der Waals surface area contributed by atoms with Gasteiger partial charge in [-0.3, -0.25) is 0 Å². The molecule has 1 aromatic rings. The van der Waals surface area contributed by atoms with Crippen LogP contribution in [0.3, 0.4) is 0 Å². The molecule has 5 heteroatoms. The molecule has 0 aromatic heterocycles. The molecule has 0 aliphatic carbocycles. The van der Waals surface area contributed by atoms with Gasteiger partial charge in [0, 0.05) is 24.3 Å². The van der Waals surface area contributed by atoms with Gasteiger partial charge in [-0.15, -0.1) is 12.4 Å². The Hall–Kier alpha value is -0.970. The van der Waals surface area contributed by atoms with E-state index < -0.39 is 0 Å². The van der Waals surface area contributed by atoms with E-state index in [-0.39, 0.29) is 30.8 Å². The number of aliphatic hydroxyl groups excluding tert-OH is 1. The number of aromatic hydroxyl groups is 1. The molecule has 0 amide bonds. The minimum atomic E-state index is -0.342. The van der Waals surface area contributed by atoms with Gasteiger partial charge in [-0.05, 0) is 12.5 Å². The van der Waals surface area contributed by atoms with E-state index in [2.05, 4.69) is 0 Å². The van der Waals surface area contributed by atoms with Gasteiger partial charge >= 0.3 is 0 Å². The maximum atomic E-state index is 9.58. The lowest BCUT2D eigenvalue weighted by Gasteiger charge is -2.12. The third-order valence-corrected chi connectivity index (χ3v) is 2.08. The lowest BCUT2D eigenvalue weighted by Crippen LogP contribution is -2.12. The van der Waals surface area contributed by atoms with Crippen LogP contribution >= 0.6 is 12.4 Å². The molecular weight excluding hydrogens is 218 g/mol. The fourth-order valence-corrected chi connectivity index (χ4v) is 1.26. The van der Waals surface area contributed by atoms with Crippen LogP contribution in [0.15, 0.2) is 18.2 Å². The molecule has 0 aliphatic heterocycles. The van der Waals surface area contributed by atoms with E-state index in [4.69, 9.17) is 15.6 Å². The molecule has 1 aromatic carbocycles. The molecule has 0 saturated heterocycles. The second kappa shape index (κ2) is 6.50. The number of nitrogens with two attached hydrogens (primary N) is 1. The summed E-state index contributed by atoms with van der Waals surface area (Å²) in [5.41, 5.74) is 6.36. The van der Waals surface area contributed by atoms with Crippen molar-refractivity contribution >= 4 is 12.4 Å². The highest BCUT2D eigenvalue weighted by molar-refractivity contribution is 5.85. The number of phenolic OH excluding ortho intramolecular Hbond substituents is 1. The van der Waals surface area contributed by atoms with Crippen LogP contribution in [-0.4, -0.2) is 23.9 Å². The van der Waals surface area contributed by atoms with Crippen LogP contribution in [-0.2, 0) is 0 Å². The van der Waals surface area contributed by atoms with Gasteiger partial charge in [0.05, 0.1) is 7.11 Å². The standard InChI is InChI=1S/C10H15NO3.ClH/c1-14-7-2-3-8(10(13)6-7)9(11)4-5-12;/h2-3,6,9,12-13H,4-5,11H2,1H3;1H. The van der Waals surface area contributed by atoms with Crippen molar-refractivity contribution in [2.75, 3.05) is 13.7 Å². The SMILES string of the molecule is COc1ccc(C(N)CCO)c(O)c1.Cl. The number of aliphatic hydroxyl groups is 1. The first-order chi connectivity index (χ1) is 6.69. The van der Waals surface area contributed by atoms with Gasteiger partial charge in [-0.2, -0.15) is 0 Å². The molecule has 1 unspecified atom stereocenters. The molecule has 0 heterocycles. The number of halogens is 1. The van der Waals surface area contributed by atoms with Crippen molar-refractivity contribution < 1.29 is 14.9 Å². The normalized spacial score (nSPS) is 11.7. The summed E-state index contributed by atoms with van der Waals surface area (Å²) in [5.74, 6) is 0.688. The molecule has 0 radical (unpaired) electrons. The van der Waals surface area contributed by atoms with E-state index in [0.717, 1.165) is 0 Å². The van der Waals surface area contributed by atoms with E-state index in [1.807, 2.05) is 0 Å². The summed E-state index contributed by atoms with van der Waals surface area (Å²) in [6.45, 7) is 0.00658. The van der Waals surface area contributed by atoms with Gasteiger partial charge in [0.2, 0.25) is 0 Å². The van der Waals surface area contributed by atoms with E-state index in [0.29, 0.717) is 17.7 Å². The van der Waals surface area contributed by atoms with Gasteiger partial charge in [0.1, 0.15) is 11.5 Å². The lowest BCUT2D eigenvalue weighted by atomic mass is 10.0. The first-order valence-corrected chi connectivity index (χ1v) is 4.42. The Bertz CT molecular complexity index is 307. The molecule has 0 saturated carbocycles. The summed E-state index contributed by atoms with van der Waals surface area (Å²) in [5, 5.41) is 18.3. The van der Waals surface area contributed by atoms with Crippen molar-refractivity contribution in [2.45, 2.75) is 12.5 Å². The fourth-order valence-electron chi connectivity index (χ4n) is 1.26. The minimum Gasteiger partial charge on any atom is -0.507 e. The molecule has 0 aliphatic rings. The van der Waals surface area contributed by atoms with Crippen molar-refractivity contribution in [3.8, 4) is 11.5 Å². The van der Waals surface area contributed by atoms with Crippen LogP contribution < -0.4 is 10.5 Å². The molecule has 0 fully saturated rings. The largest absolute Gasteiger partial charge is 0.507 e. The fraction of sp³-hybridized carbons (Fsp3) is 0.400. The molecule has 4 nitrogen and oxygen atoms in total. The third kappa shape index (κ3) is 3.58. The average molecular weight is 234 g/mol. The van der Waals surface area contributed by atoms with Gasteiger partial charge in [-0.1, -0.05) is 6.07 Å². The van der Waals surface area contributed by atoms with Crippen molar-refractivity contribution in [3.63, 3.8) is 0 Å². The number of benzene rings is 1. The van der Waals surface area contributed by atoms with E-state index >= 15 is 0 Å². The first-order valence-electron chi connectivity index (χ1n) is 4.42. The van der Waals surface area contributed by atoms with Gasteiger partial charge < -0.3 is 20.7 Å². The van der Waals surface area contributed by atoms with Crippen molar-refractivity contribution in [1.29, 1.82) is 0 Å². The summed E-state index contributed by atoms with van der Waals surface area (Å²) in [6.07, 6.45) is 0.430. The summed E-state index contributed by atoms with van der Waals surface area (Å²) >= 11 is 0. The van der Waals surface area contributed by atoms with Crippen LogP contribution in [0.2, 0.25) is 0 Å². The van der Waals surface area contributed by atoms with Crippen molar-refractivity contribution in [2.24, 2.45) is 5.73 Å². The first kappa shape index (κ1) is 14.0. The molecule has 0 bridgehead atoms. The Labute approximate surface area is 95.1 Å². The predicted octanol–water partition coefficient (Wildman–Crippen LogP) is 1.20. The Morgan fingerprint density at radius 1 is 1.47 bits per heavy atom. The minimum absolute atomic E-state index is 0. The summed E-state index contributed by atoms with van der Waals surface area (Å²) in [6, 6.07) is 4.60. The van der Waals surface area contributed by atoms with Crippen LogP contribution in [0.4, 0.5) is 0 Å². The zero-order chi connectivity index (χ0) is 10.6. The monoisotopic (exact) mass is 233 g/mol. The molecule has 15 heavy (non-hydrogen) atoms. The highest BCUT2D eigenvalue weighted by Crippen LogP contribution is 2.28. The van der Waals surface area contributed by atoms with E-state index in [1.165, 1.54) is 13.2 Å². The summed E-state index contributed by atoms with van der Waals surface area (Å²) in [7, 11) is 1.53. The number of methoxy groups -OCH3 is 1. The number of hydrogen-bond acceptors (Lipinski definition) is 4. The lowest BCUT2D eigenvalue weighted by molar-refractivity contribution is 0.275. The third-order valence-electron chi connectivity index (χ3n) is 2.08. The predicted molar refractivity (Wildman–Crippen MR) is 60.5 cm³/mol. The highest BCUT2D eigenvalue weighted by Gasteiger charge is 2.10. The van der Waals surface area contributed by atoms with Gasteiger partial charge in [-0.25, -0.2) is 0 Å². The maximum Gasteiger partial charge on any atom is 0.124 e. The molecule has 86 valence electrons. The topological polar surface area (TPSA) is 75.7 Å². The number of phenols is 1. The van der Waals surface area contributed by atoms with Crippen molar-refractivity contribution in [1.82, 2.24) is 0 Å². The molecule has 1 atom stereocenters. The Morgan fingerprint density at radius 2 is 2.13 bits per heavy atom. The van der Waals surface area contributed by atoms with Crippen LogP contribution in [0.25, 0.3) is 0 Å². The smallest absolute Gasteiger partial charge is 0.124 e. The second-order valence-electron chi connectivity index (χ2n) is 3.04. The number of ether oxygens (including phenoxy) is 1. The van der Waals surface area contributed by atoms with Crippen LogP contribution in [0, 0.1) is 0 Å². The van der Waals surface area contributed by atoms with Gasteiger partial charge in [0.15, 0.2) is 0 Å². The zero-order valence-corrected chi connectivity index (χ0v) is 9.33. The second-order valence-corrected chi connectivity index (χ2v) is 3.04. The number of rotatable bonds is 4. The molecule has 0 spiro atoms. The molecule has 1 rings (SSSR count).